The van der Waals surface area contributed by atoms with Gasteiger partial charge in [0.15, 0.2) is 0 Å². The van der Waals surface area contributed by atoms with Crippen LogP contribution in [0.4, 0.5) is 10.1 Å². The van der Waals surface area contributed by atoms with E-state index in [4.69, 9.17) is 0 Å². The minimum absolute atomic E-state index is 0.0237. The minimum atomic E-state index is -0.304. The number of hydrogen-bond acceptors (Lipinski definition) is 2. The lowest BCUT2D eigenvalue weighted by Crippen LogP contribution is -2.42. The van der Waals surface area contributed by atoms with Crippen LogP contribution in [-0.4, -0.2) is 29.8 Å². The third-order valence-electron chi connectivity index (χ3n) is 5.33. The summed E-state index contributed by atoms with van der Waals surface area (Å²) < 4.78 is 13.0. The number of rotatable bonds is 5. The van der Waals surface area contributed by atoms with E-state index < -0.39 is 0 Å². The van der Waals surface area contributed by atoms with Gasteiger partial charge in [-0.1, -0.05) is 44.2 Å². The zero-order chi connectivity index (χ0) is 20.1. The van der Waals surface area contributed by atoms with Gasteiger partial charge in [-0.05, 0) is 48.1 Å². The first-order valence-electron chi connectivity index (χ1n) is 9.86. The summed E-state index contributed by atoms with van der Waals surface area (Å²) in [5, 5.41) is 3.07. The summed E-state index contributed by atoms with van der Waals surface area (Å²) in [4.78, 5) is 27.0. The number of benzene rings is 2. The van der Waals surface area contributed by atoms with Gasteiger partial charge in [-0.3, -0.25) is 9.59 Å². The van der Waals surface area contributed by atoms with Gasteiger partial charge >= 0.3 is 0 Å². The molecular formula is C23H27FN2O2. The fourth-order valence-corrected chi connectivity index (χ4v) is 3.63. The van der Waals surface area contributed by atoms with Crippen molar-refractivity contribution in [2.75, 3.05) is 18.4 Å². The molecule has 1 heterocycles. The van der Waals surface area contributed by atoms with Crippen molar-refractivity contribution in [3.8, 4) is 0 Å². The Balaban J connectivity index is 1.52. The average Bonchev–Trinajstić information content (AvgIpc) is 2.70. The zero-order valence-electron chi connectivity index (χ0n) is 16.5. The van der Waals surface area contributed by atoms with E-state index >= 15 is 0 Å². The van der Waals surface area contributed by atoms with Crippen LogP contribution in [0.5, 0.6) is 0 Å². The van der Waals surface area contributed by atoms with Crippen LogP contribution in [0.2, 0.25) is 0 Å². The first kappa shape index (κ1) is 20.1. The van der Waals surface area contributed by atoms with Crippen LogP contribution >= 0.6 is 0 Å². The molecular weight excluding hydrogens is 355 g/mol. The van der Waals surface area contributed by atoms with E-state index in [1.165, 1.54) is 12.1 Å². The lowest BCUT2D eigenvalue weighted by molar-refractivity contribution is -0.133. The van der Waals surface area contributed by atoms with Crippen molar-refractivity contribution in [1.29, 1.82) is 0 Å². The Morgan fingerprint density at radius 2 is 1.71 bits per heavy atom. The predicted octanol–water partition coefficient (Wildman–Crippen LogP) is 4.37. The Labute approximate surface area is 165 Å². The molecule has 0 spiro atoms. The van der Waals surface area contributed by atoms with Gasteiger partial charge in [0.1, 0.15) is 5.82 Å². The Kier molecular flexibility index (Phi) is 6.45. The van der Waals surface area contributed by atoms with Gasteiger partial charge in [0, 0.05) is 24.7 Å². The molecule has 0 aliphatic carbocycles. The van der Waals surface area contributed by atoms with Crippen molar-refractivity contribution >= 4 is 17.5 Å². The summed E-state index contributed by atoms with van der Waals surface area (Å²) >= 11 is 0. The summed E-state index contributed by atoms with van der Waals surface area (Å²) in [6, 6.07) is 13.9. The lowest BCUT2D eigenvalue weighted by Gasteiger charge is -2.31. The second-order valence-corrected chi connectivity index (χ2v) is 7.69. The number of anilines is 1. The molecule has 2 amide bonds. The Bertz CT molecular complexity index is 825. The molecule has 0 atom stereocenters. The Morgan fingerprint density at radius 3 is 2.36 bits per heavy atom. The number of amides is 2. The number of carbonyl (C=O) groups is 2. The van der Waals surface area contributed by atoms with Crippen LogP contribution in [-0.2, 0) is 16.0 Å². The molecule has 1 aliphatic rings. The molecule has 0 aromatic heterocycles. The molecule has 28 heavy (non-hydrogen) atoms. The lowest BCUT2D eigenvalue weighted by atomic mass is 9.94. The first-order valence-corrected chi connectivity index (χ1v) is 9.86. The van der Waals surface area contributed by atoms with Crippen LogP contribution in [0, 0.1) is 11.7 Å². The molecule has 0 unspecified atom stereocenters. The number of likely N-dealkylation sites (tertiary alicyclic amines) is 1. The average molecular weight is 382 g/mol. The van der Waals surface area contributed by atoms with E-state index in [9.17, 15) is 14.0 Å². The largest absolute Gasteiger partial charge is 0.342 e. The van der Waals surface area contributed by atoms with Crippen LogP contribution in [0.15, 0.2) is 48.5 Å². The van der Waals surface area contributed by atoms with Crippen LogP contribution < -0.4 is 5.32 Å². The summed E-state index contributed by atoms with van der Waals surface area (Å²) in [5.74, 6) is -0.00561. The number of hydrogen-bond donors (Lipinski definition) is 1. The van der Waals surface area contributed by atoms with E-state index in [2.05, 4.69) is 19.2 Å². The molecule has 148 valence electrons. The maximum Gasteiger partial charge on any atom is 0.227 e. The second kappa shape index (κ2) is 9.00. The van der Waals surface area contributed by atoms with Crippen molar-refractivity contribution < 1.29 is 14.0 Å². The summed E-state index contributed by atoms with van der Waals surface area (Å²) in [6.45, 7) is 5.36. The van der Waals surface area contributed by atoms with Crippen LogP contribution in [0.1, 0.15) is 43.7 Å². The highest BCUT2D eigenvalue weighted by atomic mass is 19.1. The SMILES string of the molecule is CC(C)c1ccccc1NC(=O)C1CCN(C(=O)Cc2ccc(F)cc2)CC1. The fraction of sp³-hybridized carbons (Fsp3) is 0.391. The first-order chi connectivity index (χ1) is 13.4. The van der Waals surface area contributed by atoms with Gasteiger partial charge < -0.3 is 10.2 Å². The second-order valence-electron chi connectivity index (χ2n) is 7.69. The van der Waals surface area contributed by atoms with Crippen molar-refractivity contribution in [3.05, 3.63) is 65.5 Å². The highest BCUT2D eigenvalue weighted by molar-refractivity contribution is 5.93. The van der Waals surface area contributed by atoms with Gasteiger partial charge in [-0.25, -0.2) is 4.39 Å². The van der Waals surface area contributed by atoms with E-state index in [1.807, 2.05) is 24.3 Å². The number of para-hydroxylation sites is 1. The Morgan fingerprint density at radius 1 is 1.07 bits per heavy atom. The van der Waals surface area contributed by atoms with E-state index in [0.717, 1.165) is 16.8 Å². The standard InChI is InChI=1S/C23H27FN2O2/c1-16(2)20-5-3-4-6-21(20)25-23(28)18-11-13-26(14-12-18)22(27)15-17-7-9-19(24)10-8-17/h3-10,16,18H,11-15H2,1-2H3,(H,25,28). The van der Waals surface area contributed by atoms with E-state index in [0.29, 0.717) is 31.8 Å². The molecule has 1 N–H and O–H groups in total. The van der Waals surface area contributed by atoms with Crippen molar-refractivity contribution in [2.24, 2.45) is 5.92 Å². The minimum Gasteiger partial charge on any atom is -0.342 e. The third kappa shape index (κ3) is 4.97. The highest BCUT2D eigenvalue weighted by Gasteiger charge is 2.27. The predicted molar refractivity (Wildman–Crippen MR) is 109 cm³/mol. The molecule has 1 aliphatic heterocycles. The molecule has 3 rings (SSSR count). The van der Waals surface area contributed by atoms with Crippen LogP contribution in [0.3, 0.4) is 0 Å². The van der Waals surface area contributed by atoms with Crippen molar-refractivity contribution in [1.82, 2.24) is 4.90 Å². The molecule has 1 fully saturated rings. The maximum absolute atomic E-state index is 13.0. The molecule has 0 bridgehead atoms. The number of piperidine rings is 1. The van der Waals surface area contributed by atoms with Gasteiger partial charge in [-0.15, -0.1) is 0 Å². The molecule has 5 heteroatoms. The number of halogens is 1. The van der Waals surface area contributed by atoms with Crippen molar-refractivity contribution in [3.63, 3.8) is 0 Å². The normalized spacial score (nSPS) is 14.9. The Hall–Kier alpha value is -2.69. The molecule has 2 aromatic carbocycles. The van der Waals surface area contributed by atoms with Gasteiger partial charge in [-0.2, -0.15) is 0 Å². The van der Waals surface area contributed by atoms with Crippen LogP contribution in [0.25, 0.3) is 0 Å². The molecule has 1 saturated heterocycles. The van der Waals surface area contributed by atoms with E-state index in [-0.39, 0.29) is 30.0 Å². The molecule has 0 saturated carbocycles. The third-order valence-corrected chi connectivity index (χ3v) is 5.33. The zero-order valence-corrected chi connectivity index (χ0v) is 16.5. The molecule has 4 nitrogen and oxygen atoms in total. The van der Waals surface area contributed by atoms with Gasteiger partial charge in [0.25, 0.3) is 0 Å². The quantitative estimate of drug-likeness (QED) is 0.835. The number of carbonyl (C=O) groups excluding carboxylic acids is 2. The molecule has 2 aromatic rings. The number of nitrogens with one attached hydrogen (secondary N) is 1. The summed E-state index contributed by atoms with van der Waals surface area (Å²) in [6.07, 6.45) is 1.58. The fourth-order valence-electron chi connectivity index (χ4n) is 3.63. The maximum atomic E-state index is 13.0. The van der Waals surface area contributed by atoms with Gasteiger partial charge in [0.05, 0.1) is 6.42 Å². The molecule has 0 radical (unpaired) electrons. The smallest absolute Gasteiger partial charge is 0.227 e. The van der Waals surface area contributed by atoms with E-state index in [1.54, 1.807) is 17.0 Å². The van der Waals surface area contributed by atoms with Gasteiger partial charge in [0.2, 0.25) is 11.8 Å². The summed E-state index contributed by atoms with van der Waals surface area (Å²) in [5.41, 5.74) is 2.80. The summed E-state index contributed by atoms with van der Waals surface area (Å²) in [7, 11) is 0. The highest BCUT2D eigenvalue weighted by Crippen LogP contribution is 2.26. The topological polar surface area (TPSA) is 49.4 Å². The monoisotopic (exact) mass is 382 g/mol. The van der Waals surface area contributed by atoms with Crippen molar-refractivity contribution in [2.45, 2.75) is 39.0 Å². The number of nitrogens with zero attached hydrogens (tertiary/aromatic N) is 1.